The minimum atomic E-state index is -0.0138. The first-order valence-electron chi connectivity index (χ1n) is 9.18. The van der Waals surface area contributed by atoms with Gasteiger partial charge in [-0.2, -0.15) is 5.10 Å². The van der Waals surface area contributed by atoms with Gasteiger partial charge in [0.1, 0.15) is 17.5 Å². The summed E-state index contributed by atoms with van der Waals surface area (Å²) in [6.07, 6.45) is 3.47. The van der Waals surface area contributed by atoms with E-state index in [0.717, 1.165) is 35.5 Å². The lowest BCUT2D eigenvalue weighted by Crippen LogP contribution is -2.41. The minimum Gasteiger partial charge on any atom is -0.489 e. The number of benzene rings is 1. The van der Waals surface area contributed by atoms with Crippen LogP contribution in [0.4, 0.5) is 0 Å². The molecule has 1 aromatic carbocycles. The summed E-state index contributed by atoms with van der Waals surface area (Å²) in [5.74, 6) is 0.770. The van der Waals surface area contributed by atoms with Gasteiger partial charge in [0.05, 0.1) is 11.9 Å². The van der Waals surface area contributed by atoms with Gasteiger partial charge in [-0.25, -0.2) is 0 Å². The molecular formula is C21H22N4O2. The molecule has 3 aromatic rings. The van der Waals surface area contributed by atoms with Crippen LogP contribution >= 0.6 is 0 Å². The van der Waals surface area contributed by atoms with Crippen molar-refractivity contribution in [3.63, 3.8) is 0 Å². The van der Waals surface area contributed by atoms with Gasteiger partial charge in [0, 0.05) is 37.2 Å². The number of pyridine rings is 1. The number of aryl methyl sites for hydroxylation is 1. The largest absolute Gasteiger partial charge is 0.489 e. The number of likely N-dealkylation sites (tertiary alicyclic amines) is 1. The number of nitrogens with one attached hydrogen (secondary N) is 1. The number of ether oxygens (including phenoxy) is 1. The standard InChI is InChI=1S/C21H22N4O2/c1-15-7-8-18(14-22-15)27-17-9-11-25(12-10-17)21(26)20-13-19(23-24-20)16-5-3-2-4-6-16/h2-8,13-14,17H,9-12H2,1H3,(H,23,24). The van der Waals surface area contributed by atoms with E-state index in [-0.39, 0.29) is 12.0 Å². The fraction of sp³-hybridized carbons (Fsp3) is 0.286. The molecule has 0 saturated carbocycles. The lowest BCUT2D eigenvalue weighted by atomic mass is 10.1. The van der Waals surface area contributed by atoms with Crippen LogP contribution in [0.1, 0.15) is 29.0 Å². The predicted molar refractivity (Wildman–Crippen MR) is 103 cm³/mol. The number of rotatable bonds is 4. The Morgan fingerprint density at radius 3 is 2.63 bits per heavy atom. The molecule has 0 aliphatic carbocycles. The van der Waals surface area contributed by atoms with E-state index in [4.69, 9.17) is 4.74 Å². The monoisotopic (exact) mass is 362 g/mol. The fourth-order valence-corrected chi connectivity index (χ4v) is 3.25. The molecule has 4 rings (SSSR count). The van der Waals surface area contributed by atoms with Crippen molar-refractivity contribution in [2.75, 3.05) is 13.1 Å². The Bertz CT molecular complexity index is 897. The Labute approximate surface area is 158 Å². The maximum absolute atomic E-state index is 12.8. The SMILES string of the molecule is Cc1ccc(OC2CCN(C(=O)c3cc(-c4ccccc4)n[nH]3)CC2)cn1. The van der Waals surface area contributed by atoms with Crippen molar-refractivity contribution in [2.45, 2.75) is 25.9 Å². The van der Waals surface area contributed by atoms with Gasteiger partial charge in [0.25, 0.3) is 5.91 Å². The first-order valence-corrected chi connectivity index (χ1v) is 9.18. The Morgan fingerprint density at radius 1 is 1.15 bits per heavy atom. The summed E-state index contributed by atoms with van der Waals surface area (Å²) in [6.45, 7) is 3.29. The number of carbonyl (C=O) groups is 1. The number of amides is 1. The highest BCUT2D eigenvalue weighted by atomic mass is 16.5. The smallest absolute Gasteiger partial charge is 0.271 e. The lowest BCUT2D eigenvalue weighted by Gasteiger charge is -2.31. The molecule has 1 amide bonds. The number of H-pyrrole nitrogens is 1. The van der Waals surface area contributed by atoms with Gasteiger partial charge in [-0.05, 0) is 25.1 Å². The molecular weight excluding hydrogens is 340 g/mol. The van der Waals surface area contributed by atoms with Crippen molar-refractivity contribution < 1.29 is 9.53 Å². The van der Waals surface area contributed by atoms with Crippen LogP contribution in [0.5, 0.6) is 5.75 Å². The highest BCUT2D eigenvalue weighted by Crippen LogP contribution is 2.21. The van der Waals surface area contributed by atoms with E-state index in [0.29, 0.717) is 18.8 Å². The molecule has 1 aliphatic heterocycles. The summed E-state index contributed by atoms with van der Waals surface area (Å²) in [7, 11) is 0. The van der Waals surface area contributed by atoms with Crippen LogP contribution in [0.15, 0.2) is 54.7 Å². The number of hydrogen-bond donors (Lipinski definition) is 1. The van der Waals surface area contributed by atoms with Gasteiger partial charge < -0.3 is 9.64 Å². The Morgan fingerprint density at radius 2 is 1.93 bits per heavy atom. The van der Waals surface area contributed by atoms with Crippen LogP contribution in [-0.2, 0) is 0 Å². The van der Waals surface area contributed by atoms with E-state index in [1.54, 1.807) is 6.20 Å². The number of aromatic nitrogens is 3. The molecule has 6 heteroatoms. The summed E-state index contributed by atoms with van der Waals surface area (Å²) in [6, 6.07) is 15.5. The van der Waals surface area contributed by atoms with Crippen LogP contribution in [0.3, 0.4) is 0 Å². The van der Waals surface area contributed by atoms with E-state index < -0.39 is 0 Å². The van der Waals surface area contributed by atoms with Gasteiger partial charge in [-0.15, -0.1) is 0 Å². The summed E-state index contributed by atoms with van der Waals surface area (Å²) in [5, 5.41) is 7.15. The summed E-state index contributed by atoms with van der Waals surface area (Å²) in [5.41, 5.74) is 3.27. The number of carbonyl (C=O) groups excluding carboxylic acids is 1. The Kier molecular flexibility index (Phi) is 4.87. The second kappa shape index (κ2) is 7.61. The van der Waals surface area contributed by atoms with Crippen molar-refractivity contribution >= 4 is 5.91 Å². The van der Waals surface area contributed by atoms with Crippen LogP contribution in [0, 0.1) is 6.92 Å². The molecule has 1 saturated heterocycles. The van der Waals surface area contributed by atoms with Gasteiger partial charge in [0.15, 0.2) is 0 Å². The zero-order chi connectivity index (χ0) is 18.6. The number of nitrogens with zero attached hydrogens (tertiary/aromatic N) is 3. The highest BCUT2D eigenvalue weighted by molar-refractivity contribution is 5.93. The highest BCUT2D eigenvalue weighted by Gasteiger charge is 2.26. The number of piperidine rings is 1. The van der Waals surface area contributed by atoms with Crippen LogP contribution in [0.25, 0.3) is 11.3 Å². The molecule has 6 nitrogen and oxygen atoms in total. The quantitative estimate of drug-likeness (QED) is 0.771. The van der Waals surface area contributed by atoms with Crippen molar-refractivity contribution in [3.05, 3.63) is 66.1 Å². The fourth-order valence-electron chi connectivity index (χ4n) is 3.25. The molecule has 0 radical (unpaired) electrons. The maximum atomic E-state index is 12.8. The van der Waals surface area contributed by atoms with Crippen LogP contribution in [-0.4, -0.2) is 45.2 Å². The second-order valence-corrected chi connectivity index (χ2v) is 6.78. The van der Waals surface area contributed by atoms with Crippen molar-refractivity contribution in [1.29, 1.82) is 0 Å². The normalized spacial score (nSPS) is 14.9. The average molecular weight is 362 g/mol. The minimum absolute atomic E-state index is 0.0138. The summed E-state index contributed by atoms with van der Waals surface area (Å²) in [4.78, 5) is 18.9. The first-order chi connectivity index (χ1) is 13.2. The third-order valence-electron chi connectivity index (χ3n) is 4.79. The van der Waals surface area contributed by atoms with Gasteiger partial charge in [0.2, 0.25) is 0 Å². The molecule has 3 heterocycles. The van der Waals surface area contributed by atoms with Crippen molar-refractivity contribution in [2.24, 2.45) is 0 Å². The first kappa shape index (κ1) is 17.3. The second-order valence-electron chi connectivity index (χ2n) is 6.78. The zero-order valence-corrected chi connectivity index (χ0v) is 15.3. The average Bonchev–Trinajstić information content (AvgIpc) is 3.21. The molecule has 0 bridgehead atoms. The lowest BCUT2D eigenvalue weighted by molar-refractivity contribution is 0.0589. The topological polar surface area (TPSA) is 71.1 Å². The summed E-state index contributed by atoms with van der Waals surface area (Å²) < 4.78 is 5.99. The van der Waals surface area contributed by atoms with E-state index in [1.165, 1.54) is 0 Å². The van der Waals surface area contributed by atoms with E-state index in [1.807, 2.05) is 60.4 Å². The molecule has 0 unspecified atom stereocenters. The molecule has 1 N–H and O–H groups in total. The van der Waals surface area contributed by atoms with Crippen molar-refractivity contribution in [1.82, 2.24) is 20.1 Å². The van der Waals surface area contributed by atoms with Gasteiger partial charge >= 0.3 is 0 Å². The molecule has 138 valence electrons. The molecule has 1 aliphatic rings. The predicted octanol–water partition coefficient (Wildman–Crippen LogP) is 3.46. The van der Waals surface area contributed by atoms with Crippen LogP contribution in [0.2, 0.25) is 0 Å². The van der Waals surface area contributed by atoms with Gasteiger partial charge in [-0.1, -0.05) is 30.3 Å². The third-order valence-corrected chi connectivity index (χ3v) is 4.79. The van der Waals surface area contributed by atoms with Gasteiger partial charge in [-0.3, -0.25) is 14.9 Å². The zero-order valence-electron chi connectivity index (χ0n) is 15.3. The molecule has 0 spiro atoms. The van der Waals surface area contributed by atoms with E-state index >= 15 is 0 Å². The Hall–Kier alpha value is -3.15. The summed E-state index contributed by atoms with van der Waals surface area (Å²) >= 11 is 0. The Balaban J connectivity index is 1.35. The molecule has 0 atom stereocenters. The third kappa shape index (κ3) is 4.00. The number of hydrogen-bond acceptors (Lipinski definition) is 4. The van der Waals surface area contributed by atoms with E-state index in [9.17, 15) is 4.79 Å². The number of aromatic amines is 1. The molecule has 27 heavy (non-hydrogen) atoms. The van der Waals surface area contributed by atoms with Crippen molar-refractivity contribution in [3.8, 4) is 17.0 Å². The molecule has 1 fully saturated rings. The van der Waals surface area contributed by atoms with Crippen LogP contribution < -0.4 is 4.74 Å². The maximum Gasteiger partial charge on any atom is 0.271 e. The molecule has 2 aromatic heterocycles. The van der Waals surface area contributed by atoms with E-state index in [2.05, 4.69) is 15.2 Å².